The number of ether oxygens (including phenoxy) is 2. The first-order valence-corrected chi connectivity index (χ1v) is 6.86. The second kappa shape index (κ2) is 8.54. The van der Waals surface area contributed by atoms with Gasteiger partial charge in [-0.25, -0.2) is 8.78 Å². The van der Waals surface area contributed by atoms with Crippen LogP contribution in [0.25, 0.3) is 0 Å². The highest BCUT2D eigenvalue weighted by molar-refractivity contribution is 5.85. The molecule has 0 amide bonds. The number of nitrogens with one attached hydrogen (secondary N) is 1. The van der Waals surface area contributed by atoms with Gasteiger partial charge in [0, 0.05) is 6.07 Å². The Morgan fingerprint density at radius 2 is 1.83 bits per heavy atom. The molecule has 1 heterocycles. The minimum absolute atomic E-state index is 0. The Bertz CT molecular complexity index is 493. The highest BCUT2D eigenvalue weighted by Gasteiger charge is 2.31. The molecule has 0 saturated carbocycles. The van der Waals surface area contributed by atoms with Crippen LogP contribution in [0, 0.1) is 0 Å². The lowest BCUT2D eigenvalue weighted by atomic mass is 9.89. The molecule has 0 atom stereocenters. The van der Waals surface area contributed by atoms with E-state index in [1.165, 1.54) is 12.1 Å². The standard InChI is InChI=1S/C14H16F5NO2.ClH/c15-13(16)8-21-12-7-10(22-14(17,18)19)1-2-11(12)9-3-5-20-6-4-9;/h1-2,7,9,13,20H,3-6,8H2;1H. The Labute approximate surface area is 136 Å². The number of hydrogen-bond donors (Lipinski definition) is 1. The third kappa shape index (κ3) is 6.39. The molecule has 1 saturated heterocycles. The van der Waals surface area contributed by atoms with Gasteiger partial charge in [0.2, 0.25) is 0 Å². The Morgan fingerprint density at radius 3 is 2.39 bits per heavy atom. The molecular weight excluding hydrogens is 345 g/mol. The van der Waals surface area contributed by atoms with E-state index < -0.39 is 25.1 Å². The van der Waals surface area contributed by atoms with Gasteiger partial charge in [-0.05, 0) is 43.5 Å². The van der Waals surface area contributed by atoms with E-state index in [1.807, 2.05) is 0 Å². The second-order valence-corrected chi connectivity index (χ2v) is 4.97. The van der Waals surface area contributed by atoms with Gasteiger partial charge in [-0.15, -0.1) is 25.6 Å². The van der Waals surface area contributed by atoms with Crippen LogP contribution in [-0.2, 0) is 0 Å². The third-order valence-electron chi connectivity index (χ3n) is 3.36. The summed E-state index contributed by atoms with van der Waals surface area (Å²) in [5, 5.41) is 3.16. The number of alkyl halides is 5. The summed E-state index contributed by atoms with van der Waals surface area (Å²) in [6.45, 7) is 0.660. The first kappa shape index (κ1) is 19.8. The molecule has 132 valence electrons. The summed E-state index contributed by atoms with van der Waals surface area (Å²) in [5.41, 5.74) is 0.636. The van der Waals surface area contributed by atoms with Gasteiger partial charge in [0.1, 0.15) is 18.1 Å². The first-order chi connectivity index (χ1) is 10.3. The molecule has 0 aromatic heterocycles. The van der Waals surface area contributed by atoms with Crippen LogP contribution in [-0.4, -0.2) is 32.5 Å². The Hall–Kier alpha value is -1.28. The average Bonchev–Trinajstić information content (AvgIpc) is 2.44. The highest BCUT2D eigenvalue weighted by Crippen LogP contribution is 2.36. The monoisotopic (exact) mass is 361 g/mol. The quantitative estimate of drug-likeness (QED) is 0.800. The van der Waals surface area contributed by atoms with Gasteiger partial charge in [0.05, 0.1) is 0 Å². The second-order valence-electron chi connectivity index (χ2n) is 4.97. The summed E-state index contributed by atoms with van der Waals surface area (Å²) in [6.07, 6.45) is -6.00. The fourth-order valence-corrected chi connectivity index (χ4v) is 2.46. The van der Waals surface area contributed by atoms with E-state index in [0.717, 1.165) is 32.0 Å². The van der Waals surface area contributed by atoms with Gasteiger partial charge < -0.3 is 14.8 Å². The molecule has 0 bridgehead atoms. The molecule has 0 spiro atoms. The van der Waals surface area contributed by atoms with Crippen molar-refractivity contribution in [3.63, 3.8) is 0 Å². The Balaban J connectivity index is 0.00000264. The van der Waals surface area contributed by atoms with Crippen molar-refractivity contribution in [2.24, 2.45) is 0 Å². The van der Waals surface area contributed by atoms with Gasteiger partial charge in [0.25, 0.3) is 6.43 Å². The van der Waals surface area contributed by atoms with Crippen LogP contribution < -0.4 is 14.8 Å². The third-order valence-corrected chi connectivity index (χ3v) is 3.36. The SMILES string of the molecule is Cl.FC(F)COc1cc(OC(F)(F)F)ccc1C1CCNCC1. The maximum atomic E-state index is 12.3. The smallest absolute Gasteiger partial charge is 0.487 e. The maximum Gasteiger partial charge on any atom is 0.573 e. The number of hydrogen-bond acceptors (Lipinski definition) is 3. The normalized spacial score (nSPS) is 16.1. The van der Waals surface area contributed by atoms with Crippen molar-refractivity contribution in [2.75, 3.05) is 19.7 Å². The molecule has 1 N–H and O–H groups in total. The van der Waals surface area contributed by atoms with Gasteiger partial charge in [-0.3, -0.25) is 0 Å². The summed E-state index contributed by atoms with van der Waals surface area (Å²) in [6, 6.07) is 3.66. The van der Waals surface area contributed by atoms with E-state index in [9.17, 15) is 22.0 Å². The van der Waals surface area contributed by atoms with Crippen LogP contribution in [0.1, 0.15) is 24.3 Å². The average molecular weight is 362 g/mol. The zero-order chi connectivity index (χ0) is 16.2. The molecule has 1 aromatic rings. The molecule has 2 rings (SSSR count). The van der Waals surface area contributed by atoms with Crippen molar-refractivity contribution >= 4 is 12.4 Å². The lowest BCUT2D eigenvalue weighted by molar-refractivity contribution is -0.274. The summed E-state index contributed by atoms with van der Waals surface area (Å²) in [7, 11) is 0. The van der Waals surface area contributed by atoms with Gasteiger partial charge in [-0.2, -0.15) is 0 Å². The zero-order valence-electron chi connectivity index (χ0n) is 12.0. The van der Waals surface area contributed by atoms with Crippen LogP contribution in [0.4, 0.5) is 22.0 Å². The van der Waals surface area contributed by atoms with Crippen molar-refractivity contribution in [1.82, 2.24) is 5.32 Å². The number of benzene rings is 1. The van der Waals surface area contributed by atoms with E-state index in [0.29, 0.717) is 5.56 Å². The van der Waals surface area contributed by atoms with Crippen LogP contribution in [0.2, 0.25) is 0 Å². The van der Waals surface area contributed by atoms with Crippen LogP contribution in [0.5, 0.6) is 11.5 Å². The summed E-state index contributed by atoms with van der Waals surface area (Å²) >= 11 is 0. The topological polar surface area (TPSA) is 30.5 Å². The Morgan fingerprint density at radius 1 is 1.17 bits per heavy atom. The van der Waals surface area contributed by atoms with Crippen molar-refractivity contribution in [2.45, 2.75) is 31.5 Å². The molecule has 1 aliphatic rings. The number of rotatable bonds is 5. The van der Waals surface area contributed by atoms with Gasteiger partial charge >= 0.3 is 6.36 Å². The summed E-state index contributed by atoms with van der Waals surface area (Å²) in [4.78, 5) is 0. The number of piperidine rings is 1. The largest absolute Gasteiger partial charge is 0.573 e. The molecule has 0 aliphatic carbocycles. The molecule has 1 fully saturated rings. The summed E-state index contributed by atoms with van der Waals surface area (Å²) < 4.78 is 70.2. The summed E-state index contributed by atoms with van der Waals surface area (Å²) in [5.74, 6) is -0.391. The van der Waals surface area contributed by atoms with Crippen molar-refractivity contribution in [3.8, 4) is 11.5 Å². The van der Waals surface area contributed by atoms with Crippen molar-refractivity contribution in [3.05, 3.63) is 23.8 Å². The minimum atomic E-state index is -4.84. The fraction of sp³-hybridized carbons (Fsp3) is 0.571. The molecule has 0 radical (unpaired) electrons. The van der Waals surface area contributed by atoms with Crippen LogP contribution >= 0.6 is 12.4 Å². The molecular formula is C14H17ClF5NO2. The zero-order valence-corrected chi connectivity index (χ0v) is 12.9. The Kier molecular flexibility index (Phi) is 7.34. The molecule has 3 nitrogen and oxygen atoms in total. The van der Waals surface area contributed by atoms with E-state index in [1.54, 1.807) is 0 Å². The molecule has 1 aromatic carbocycles. The van der Waals surface area contributed by atoms with E-state index in [4.69, 9.17) is 4.74 Å². The maximum absolute atomic E-state index is 12.3. The van der Waals surface area contributed by atoms with Crippen LogP contribution in [0.15, 0.2) is 18.2 Å². The van der Waals surface area contributed by atoms with E-state index in [2.05, 4.69) is 10.1 Å². The van der Waals surface area contributed by atoms with E-state index >= 15 is 0 Å². The van der Waals surface area contributed by atoms with Crippen molar-refractivity contribution < 1.29 is 31.4 Å². The highest BCUT2D eigenvalue weighted by atomic mass is 35.5. The van der Waals surface area contributed by atoms with Gasteiger partial charge in [-0.1, -0.05) is 6.07 Å². The van der Waals surface area contributed by atoms with Crippen molar-refractivity contribution in [1.29, 1.82) is 0 Å². The van der Waals surface area contributed by atoms with Gasteiger partial charge in [0.15, 0.2) is 0 Å². The lowest BCUT2D eigenvalue weighted by Gasteiger charge is -2.25. The predicted octanol–water partition coefficient (Wildman–Crippen LogP) is 4.12. The first-order valence-electron chi connectivity index (χ1n) is 6.86. The minimum Gasteiger partial charge on any atom is -0.487 e. The lowest BCUT2D eigenvalue weighted by Crippen LogP contribution is -2.27. The molecule has 1 aliphatic heterocycles. The van der Waals surface area contributed by atoms with Crippen LogP contribution in [0.3, 0.4) is 0 Å². The molecule has 0 unspecified atom stereocenters. The molecule has 23 heavy (non-hydrogen) atoms. The predicted molar refractivity (Wildman–Crippen MR) is 76.7 cm³/mol. The molecule has 9 heteroatoms. The van der Waals surface area contributed by atoms with E-state index in [-0.39, 0.29) is 24.1 Å². The fourth-order valence-electron chi connectivity index (χ4n) is 2.46. The number of halogens is 6.